The molecular weight excluding hydrogens is 314 g/mol. The fourth-order valence-corrected chi connectivity index (χ4v) is 3.59. The van der Waals surface area contributed by atoms with Crippen LogP contribution in [-0.4, -0.2) is 25.9 Å². The number of hydrogen-bond donors (Lipinski definition) is 2. The second-order valence-electron chi connectivity index (χ2n) is 6.95. The molecule has 2 heterocycles. The number of carbonyl (C=O) groups is 1. The second kappa shape index (κ2) is 6.70. The van der Waals surface area contributed by atoms with Gasteiger partial charge in [0.25, 0.3) is 0 Å². The minimum Gasteiger partial charge on any atom is -0.309 e. The number of aromatic nitrogens is 4. The monoisotopic (exact) mass is 337 g/mol. The number of hydrogen-bond acceptors (Lipinski definition) is 3. The van der Waals surface area contributed by atoms with E-state index < -0.39 is 0 Å². The maximum Gasteiger partial charge on any atom is 0.230 e. The highest BCUT2D eigenvalue weighted by Gasteiger charge is 2.18. The van der Waals surface area contributed by atoms with E-state index in [2.05, 4.69) is 26.8 Å². The van der Waals surface area contributed by atoms with Gasteiger partial charge in [0.05, 0.1) is 24.2 Å². The van der Waals surface area contributed by atoms with Gasteiger partial charge in [0.15, 0.2) is 5.82 Å². The summed E-state index contributed by atoms with van der Waals surface area (Å²) in [7, 11) is 0. The molecule has 0 spiro atoms. The molecule has 0 saturated heterocycles. The van der Waals surface area contributed by atoms with Gasteiger partial charge in [-0.1, -0.05) is 31.4 Å². The van der Waals surface area contributed by atoms with Crippen LogP contribution in [0.5, 0.6) is 0 Å². The SMILES string of the molecule is Cc1cn(C2CCCCC2)nc1NC(=O)Cc1ccc2cn[nH]c2c1. The quantitative estimate of drug-likeness (QED) is 0.761. The van der Waals surface area contributed by atoms with Gasteiger partial charge in [-0.25, -0.2) is 0 Å². The van der Waals surface area contributed by atoms with Gasteiger partial charge in [-0.2, -0.15) is 10.2 Å². The molecule has 130 valence electrons. The zero-order valence-electron chi connectivity index (χ0n) is 14.5. The van der Waals surface area contributed by atoms with Crippen molar-refractivity contribution in [3.05, 3.63) is 41.7 Å². The summed E-state index contributed by atoms with van der Waals surface area (Å²) >= 11 is 0. The number of amides is 1. The Morgan fingerprint density at radius 3 is 3.00 bits per heavy atom. The molecular formula is C19H23N5O. The molecule has 1 fully saturated rings. The van der Waals surface area contributed by atoms with E-state index in [0.717, 1.165) is 22.0 Å². The molecule has 0 radical (unpaired) electrons. The van der Waals surface area contributed by atoms with Gasteiger partial charge in [-0.15, -0.1) is 0 Å². The summed E-state index contributed by atoms with van der Waals surface area (Å²) in [5.41, 5.74) is 2.92. The highest BCUT2D eigenvalue weighted by molar-refractivity contribution is 5.92. The molecule has 0 atom stereocenters. The van der Waals surface area contributed by atoms with Crippen LogP contribution >= 0.6 is 0 Å². The third-order valence-electron chi connectivity index (χ3n) is 4.99. The molecule has 6 heteroatoms. The molecule has 1 aliphatic carbocycles. The largest absolute Gasteiger partial charge is 0.309 e. The van der Waals surface area contributed by atoms with Crippen LogP contribution in [-0.2, 0) is 11.2 Å². The summed E-state index contributed by atoms with van der Waals surface area (Å²) in [6.45, 7) is 2.00. The molecule has 6 nitrogen and oxygen atoms in total. The molecule has 1 saturated carbocycles. The van der Waals surface area contributed by atoms with E-state index in [1.54, 1.807) is 6.20 Å². The van der Waals surface area contributed by atoms with Gasteiger partial charge < -0.3 is 5.32 Å². The van der Waals surface area contributed by atoms with Gasteiger partial charge >= 0.3 is 0 Å². The predicted octanol–water partition coefficient (Wildman–Crippen LogP) is 3.75. The fourth-order valence-electron chi connectivity index (χ4n) is 3.59. The molecule has 1 aliphatic rings. The van der Waals surface area contributed by atoms with E-state index in [0.29, 0.717) is 18.3 Å². The van der Waals surface area contributed by atoms with Crippen molar-refractivity contribution in [2.45, 2.75) is 51.5 Å². The third-order valence-corrected chi connectivity index (χ3v) is 4.99. The van der Waals surface area contributed by atoms with Crippen molar-refractivity contribution < 1.29 is 4.79 Å². The van der Waals surface area contributed by atoms with Crippen LogP contribution in [0.3, 0.4) is 0 Å². The average Bonchev–Trinajstić information content (AvgIpc) is 3.22. The first-order valence-electron chi connectivity index (χ1n) is 8.96. The van der Waals surface area contributed by atoms with Gasteiger partial charge in [-0.05, 0) is 31.4 Å². The molecule has 3 aromatic rings. The smallest absolute Gasteiger partial charge is 0.230 e. The number of nitrogens with one attached hydrogen (secondary N) is 2. The normalized spacial score (nSPS) is 15.6. The van der Waals surface area contributed by atoms with Crippen LogP contribution in [0.1, 0.15) is 49.3 Å². The molecule has 0 bridgehead atoms. The highest BCUT2D eigenvalue weighted by Crippen LogP contribution is 2.29. The molecule has 1 aromatic carbocycles. The zero-order valence-corrected chi connectivity index (χ0v) is 14.5. The van der Waals surface area contributed by atoms with E-state index in [1.165, 1.54) is 32.1 Å². The highest BCUT2D eigenvalue weighted by atomic mass is 16.1. The van der Waals surface area contributed by atoms with Crippen molar-refractivity contribution in [1.29, 1.82) is 0 Å². The lowest BCUT2D eigenvalue weighted by molar-refractivity contribution is -0.115. The lowest BCUT2D eigenvalue weighted by atomic mass is 9.96. The lowest BCUT2D eigenvalue weighted by Gasteiger charge is -2.21. The summed E-state index contributed by atoms with van der Waals surface area (Å²) in [6.07, 6.45) is 10.4. The number of aromatic amines is 1. The number of carbonyl (C=O) groups excluding carboxylic acids is 1. The van der Waals surface area contributed by atoms with E-state index in [1.807, 2.05) is 29.8 Å². The predicted molar refractivity (Wildman–Crippen MR) is 97.5 cm³/mol. The summed E-state index contributed by atoms with van der Waals surface area (Å²) in [5.74, 6) is 0.633. The van der Waals surface area contributed by atoms with Crippen LogP contribution in [0.15, 0.2) is 30.6 Å². The first-order chi connectivity index (χ1) is 12.2. The number of nitrogens with zero attached hydrogens (tertiary/aromatic N) is 3. The topological polar surface area (TPSA) is 75.6 Å². The summed E-state index contributed by atoms with van der Waals surface area (Å²) < 4.78 is 2.04. The van der Waals surface area contributed by atoms with Crippen molar-refractivity contribution in [3.8, 4) is 0 Å². The van der Waals surface area contributed by atoms with Crippen LogP contribution in [0.2, 0.25) is 0 Å². The van der Waals surface area contributed by atoms with E-state index in [4.69, 9.17) is 0 Å². The maximum absolute atomic E-state index is 12.4. The maximum atomic E-state index is 12.4. The fraction of sp³-hybridized carbons (Fsp3) is 0.421. The second-order valence-corrected chi connectivity index (χ2v) is 6.95. The van der Waals surface area contributed by atoms with Crippen molar-refractivity contribution >= 4 is 22.6 Å². The van der Waals surface area contributed by atoms with Gasteiger partial charge in [0, 0.05) is 17.1 Å². The van der Waals surface area contributed by atoms with Crippen LogP contribution in [0.4, 0.5) is 5.82 Å². The number of rotatable bonds is 4. The molecule has 25 heavy (non-hydrogen) atoms. The van der Waals surface area contributed by atoms with Crippen molar-refractivity contribution in [3.63, 3.8) is 0 Å². The van der Waals surface area contributed by atoms with Gasteiger partial charge in [0.1, 0.15) is 0 Å². The molecule has 4 rings (SSSR count). The Morgan fingerprint density at radius 2 is 2.16 bits per heavy atom. The van der Waals surface area contributed by atoms with Gasteiger partial charge in [-0.3, -0.25) is 14.6 Å². The molecule has 0 unspecified atom stereocenters. The van der Waals surface area contributed by atoms with Crippen molar-refractivity contribution in [1.82, 2.24) is 20.0 Å². The summed E-state index contributed by atoms with van der Waals surface area (Å²) in [5, 5.41) is 15.6. The number of anilines is 1. The first kappa shape index (κ1) is 15.9. The number of H-pyrrole nitrogens is 1. The Balaban J connectivity index is 1.44. The number of fused-ring (bicyclic) bond motifs is 1. The molecule has 1 amide bonds. The van der Waals surface area contributed by atoms with E-state index in [-0.39, 0.29) is 5.91 Å². The van der Waals surface area contributed by atoms with Crippen molar-refractivity contribution in [2.75, 3.05) is 5.32 Å². The number of benzene rings is 1. The Bertz CT molecular complexity index is 888. The number of aryl methyl sites for hydroxylation is 1. The standard InChI is InChI=1S/C19H23N5O/c1-13-12-24(16-5-3-2-4-6-16)23-19(13)21-18(25)10-14-7-8-15-11-20-22-17(15)9-14/h7-9,11-12,16H,2-6,10H2,1H3,(H,20,22)(H,21,23,25). The summed E-state index contributed by atoms with van der Waals surface area (Å²) in [6, 6.07) is 6.38. The Hall–Kier alpha value is -2.63. The third kappa shape index (κ3) is 3.43. The van der Waals surface area contributed by atoms with Crippen LogP contribution < -0.4 is 5.32 Å². The molecule has 0 aliphatic heterocycles. The Morgan fingerprint density at radius 1 is 1.32 bits per heavy atom. The Labute approximate surface area is 146 Å². The van der Waals surface area contributed by atoms with Crippen molar-refractivity contribution in [2.24, 2.45) is 0 Å². The van der Waals surface area contributed by atoms with Crippen LogP contribution in [0, 0.1) is 6.92 Å². The van der Waals surface area contributed by atoms with E-state index >= 15 is 0 Å². The van der Waals surface area contributed by atoms with E-state index in [9.17, 15) is 4.79 Å². The van der Waals surface area contributed by atoms with Gasteiger partial charge in [0.2, 0.25) is 5.91 Å². The first-order valence-corrected chi connectivity index (χ1v) is 8.96. The van der Waals surface area contributed by atoms with Crippen LogP contribution in [0.25, 0.3) is 10.9 Å². The summed E-state index contributed by atoms with van der Waals surface area (Å²) in [4.78, 5) is 12.4. The minimum absolute atomic E-state index is 0.0455. The molecule has 2 N–H and O–H groups in total. The Kier molecular flexibility index (Phi) is 4.26. The minimum atomic E-state index is -0.0455. The molecule has 2 aromatic heterocycles. The zero-order chi connectivity index (χ0) is 17.2. The lowest BCUT2D eigenvalue weighted by Crippen LogP contribution is -2.17. The average molecular weight is 337 g/mol.